The number of nitrogens with zero attached hydrogens (tertiary/aromatic N) is 4. The first-order valence-corrected chi connectivity index (χ1v) is 8.55. The molecular formula is C15H16ClIN4O. The quantitative estimate of drug-likeness (QED) is 0.431. The van der Waals surface area contributed by atoms with Crippen LogP contribution in [0.3, 0.4) is 0 Å². The molecule has 0 saturated carbocycles. The van der Waals surface area contributed by atoms with Gasteiger partial charge in [-0.25, -0.2) is 4.98 Å². The minimum absolute atomic E-state index is 0.212. The number of rotatable bonds is 3. The van der Waals surface area contributed by atoms with Crippen molar-refractivity contribution in [1.29, 1.82) is 0 Å². The fraction of sp³-hybridized carbons (Fsp3) is 0.400. The largest absolute Gasteiger partial charge is 0.359 e. The van der Waals surface area contributed by atoms with Crippen LogP contribution in [0.4, 0.5) is 0 Å². The lowest BCUT2D eigenvalue weighted by molar-refractivity contribution is 0.371. The summed E-state index contributed by atoms with van der Waals surface area (Å²) in [6.45, 7) is 8.31. The first kappa shape index (κ1) is 15.7. The van der Waals surface area contributed by atoms with Gasteiger partial charge in [0.15, 0.2) is 5.76 Å². The molecule has 0 atom stereocenters. The van der Waals surface area contributed by atoms with E-state index in [9.17, 15) is 0 Å². The number of aromatic nitrogens is 4. The maximum atomic E-state index is 6.33. The Balaban J connectivity index is 2.32. The maximum Gasteiger partial charge on any atom is 0.153 e. The normalized spacial score (nSPS) is 12.0. The van der Waals surface area contributed by atoms with Crippen LogP contribution in [0.5, 0.6) is 0 Å². The zero-order valence-corrected chi connectivity index (χ0v) is 15.7. The molecule has 0 bridgehead atoms. The second-order valence-electron chi connectivity index (χ2n) is 5.75. The Morgan fingerprint density at radius 2 is 1.95 bits per heavy atom. The van der Waals surface area contributed by atoms with Gasteiger partial charge in [0.25, 0.3) is 0 Å². The molecule has 3 rings (SSSR count). The zero-order chi connectivity index (χ0) is 16.0. The van der Waals surface area contributed by atoms with Gasteiger partial charge in [-0.2, -0.15) is 5.10 Å². The van der Waals surface area contributed by atoms with Crippen molar-refractivity contribution >= 4 is 45.1 Å². The number of hydrogen-bond acceptors (Lipinski definition) is 4. The maximum absolute atomic E-state index is 6.33. The summed E-state index contributed by atoms with van der Waals surface area (Å²) in [6, 6.07) is 2.14. The van der Waals surface area contributed by atoms with Crippen LogP contribution in [0.2, 0.25) is 5.15 Å². The van der Waals surface area contributed by atoms with Crippen molar-refractivity contribution in [3.8, 4) is 11.4 Å². The van der Waals surface area contributed by atoms with E-state index in [0.29, 0.717) is 5.15 Å². The van der Waals surface area contributed by atoms with Gasteiger partial charge in [-0.15, -0.1) is 0 Å². The minimum Gasteiger partial charge on any atom is -0.359 e. The molecule has 0 saturated heterocycles. The van der Waals surface area contributed by atoms with Crippen molar-refractivity contribution in [3.63, 3.8) is 0 Å². The van der Waals surface area contributed by atoms with E-state index in [1.54, 1.807) is 6.20 Å². The van der Waals surface area contributed by atoms with Crippen LogP contribution in [-0.4, -0.2) is 19.9 Å². The molecule has 0 radical (unpaired) electrons. The van der Waals surface area contributed by atoms with Crippen molar-refractivity contribution < 1.29 is 4.52 Å². The molecule has 0 aromatic carbocycles. The van der Waals surface area contributed by atoms with Crippen molar-refractivity contribution in [3.05, 3.63) is 26.7 Å². The molecule has 0 fully saturated rings. The predicted octanol–water partition coefficient (Wildman–Crippen LogP) is 5.05. The third kappa shape index (κ3) is 2.42. The van der Waals surface area contributed by atoms with Gasteiger partial charge in [-0.05, 0) is 42.5 Å². The Kier molecular flexibility index (Phi) is 4.15. The lowest BCUT2D eigenvalue weighted by Gasteiger charge is -2.06. The van der Waals surface area contributed by atoms with E-state index < -0.39 is 0 Å². The average molecular weight is 431 g/mol. The van der Waals surface area contributed by atoms with E-state index in [1.807, 2.05) is 10.7 Å². The highest BCUT2D eigenvalue weighted by molar-refractivity contribution is 14.1. The molecule has 3 aromatic rings. The van der Waals surface area contributed by atoms with Gasteiger partial charge in [-0.3, -0.25) is 4.68 Å². The highest BCUT2D eigenvalue weighted by Crippen LogP contribution is 2.37. The van der Waals surface area contributed by atoms with E-state index in [4.69, 9.17) is 21.2 Å². The summed E-state index contributed by atoms with van der Waals surface area (Å²) in [5.41, 5.74) is 2.40. The van der Waals surface area contributed by atoms with Crippen LogP contribution in [-0.2, 0) is 0 Å². The summed E-state index contributed by atoms with van der Waals surface area (Å²) in [5, 5.41) is 10.2. The van der Waals surface area contributed by atoms with E-state index in [-0.39, 0.29) is 12.0 Å². The monoisotopic (exact) mass is 430 g/mol. The first-order valence-electron chi connectivity index (χ1n) is 7.10. The van der Waals surface area contributed by atoms with Gasteiger partial charge in [0.05, 0.1) is 14.5 Å². The van der Waals surface area contributed by atoms with Crippen molar-refractivity contribution in [2.45, 2.75) is 39.7 Å². The van der Waals surface area contributed by atoms with Crippen LogP contribution < -0.4 is 0 Å². The molecule has 0 amide bonds. The Morgan fingerprint density at radius 3 is 2.55 bits per heavy atom. The number of halogens is 2. The summed E-state index contributed by atoms with van der Waals surface area (Å²) >= 11 is 8.58. The topological polar surface area (TPSA) is 56.7 Å². The highest BCUT2D eigenvalue weighted by atomic mass is 127. The molecule has 7 heteroatoms. The molecular weight excluding hydrogens is 415 g/mol. The summed E-state index contributed by atoms with van der Waals surface area (Å²) in [7, 11) is 0. The van der Waals surface area contributed by atoms with Crippen LogP contribution in [0.15, 0.2) is 16.8 Å². The van der Waals surface area contributed by atoms with Gasteiger partial charge in [0.1, 0.15) is 16.5 Å². The molecule has 0 N–H and O–H groups in total. The van der Waals surface area contributed by atoms with Crippen molar-refractivity contribution in [2.75, 3.05) is 0 Å². The zero-order valence-electron chi connectivity index (χ0n) is 12.8. The molecule has 3 heterocycles. The van der Waals surface area contributed by atoms with Gasteiger partial charge < -0.3 is 4.52 Å². The third-order valence-corrected chi connectivity index (χ3v) is 4.80. The summed E-state index contributed by atoms with van der Waals surface area (Å²) in [4.78, 5) is 4.19. The van der Waals surface area contributed by atoms with E-state index in [1.165, 1.54) is 0 Å². The summed E-state index contributed by atoms with van der Waals surface area (Å²) < 4.78 is 8.42. The molecule has 0 spiro atoms. The van der Waals surface area contributed by atoms with E-state index in [2.05, 4.69) is 60.4 Å². The van der Waals surface area contributed by atoms with Crippen molar-refractivity contribution in [2.24, 2.45) is 0 Å². The van der Waals surface area contributed by atoms with Crippen LogP contribution in [0.1, 0.15) is 45.4 Å². The second-order valence-corrected chi connectivity index (χ2v) is 7.18. The Bertz CT molecular complexity index is 838. The molecule has 3 aromatic heterocycles. The fourth-order valence-corrected chi connectivity index (χ4v) is 3.72. The Hall–Kier alpha value is -1.15. The van der Waals surface area contributed by atoms with Crippen molar-refractivity contribution in [1.82, 2.24) is 19.9 Å². The standard InChI is InChI=1S/C15H16ClIN4O/c1-7(2)14-11(17)13(20-22-14)12-10-9(5-6-18-15(10)16)21(19-12)8(3)4/h5-8H,1-4H3. The van der Waals surface area contributed by atoms with Crippen LogP contribution in [0.25, 0.3) is 22.3 Å². The summed E-state index contributed by atoms with van der Waals surface area (Å²) in [6.07, 6.45) is 1.70. The SMILES string of the molecule is CC(C)c1onc(-c2nn(C(C)C)c3ccnc(Cl)c23)c1I. The lowest BCUT2D eigenvalue weighted by Crippen LogP contribution is -2.02. The molecule has 0 aliphatic carbocycles. The van der Waals surface area contributed by atoms with Crippen LogP contribution in [0, 0.1) is 3.57 Å². The number of pyridine rings is 1. The Labute approximate surface area is 147 Å². The summed E-state index contributed by atoms with van der Waals surface area (Å²) in [5.74, 6) is 1.13. The number of hydrogen-bond donors (Lipinski definition) is 0. The molecule has 0 aliphatic rings. The fourth-order valence-electron chi connectivity index (χ4n) is 2.41. The second kappa shape index (κ2) is 5.81. The van der Waals surface area contributed by atoms with Gasteiger partial charge in [-0.1, -0.05) is 30.6 Å². The van der Waals surface area contributed by atoms with Gasteiger partial charge in [0.2, 0.25) is 0 Å². The average Bonchev–Trinajstić information content (AvgIpc) is 3.00. The lowest BCUT2D eigenvalue weighted by atomic mass is 10.1. The highest BCUT2D eigenvalue weighted by Gasteiger charge is 2.24. The van der Waals surface area contributed by atoms with Gasteiger partial charge in [0, 0.05) is 18.2 Å². The van der Waals surface area contributed by atoms with Crippen LogP contribution >= 0.6 is 34.2 Å². The molecule has 0 aliphatic heterocycles. The smallest absolute Gasteiger partial charge is 0.153 e. The molecule has 116 valence electrons. The molecule has 5 nitrogen and oxygen atoms in total. The third-order valence-electron chi connectivity index (χ3n) is 3.47. The predicted molar refractivity (Wildman–Crippen MR) is 95.2 cm³/mol. The molecule has 22 heavy (non-hydrogen) atoms. The molecule has 0 unspecified atom stereocenters. The first-order chi connectivity index (χ1) is 10.4. The van der Waals surface area contributed by atoms with E-state index >= 15 is 0 Å². The Morgan fingerprint density at radius 1 is 1.23 bits per heavy atom. The van der Waals surface area contributed by atoms with Gasteiger partial charge >= 0.3 is 0 Å². The number of fused-ring (bicyclic) bond motifs is 1. The van der Waals surface area contributed by atoms with E-state index in [0.717, 1.165) is 31.6 Å². The minimum atomic E-state index is 0.212.